The highest BCUT2D eigenvalue weighted by Gasteiger charge is 2.21. The molecule has 1 heterocycles. The summed E-state index contributed by atoms with van der Waals surface area (Å²) in [6.45, 7) is 5.90. The summed E-state index contributed by atoms with van der Waals surface area (Å²) >= 11 is 6.06. The summed E-state index contributed by atoms with van der Waals surface area (Å²) in [4.78, 5) is 2.33. The van der Waals surface area contributed by atoms with Crippen molar-refractivity contribution < 1.29 is 5.11 Å². The minimum atomic E-state index is -0.135. The van der Waals surface area contributed by atoms with Crippen LogP contribution in [0.4, 0.5) is 0 Å². The molecule has 1 fully saturated rings. The van der Waals surface area contributed by atoms with Gasteiger partial charge in [0.05, 0.1) is 6.10 Å². The average molecular weight is 283 g/mol. The summed E-state index contributed by atoms with van der Waals surface area (Å²) in [6.07, 6.45) is 1.81. The molecule has 4 heteroatoms. The Hall–Kier alpha value is -0.610. The zero-order valence-electron chi connectivity index (χ0n) is 11.5. The van der Waals surface area contributed by atoms with Crippen molar-refractivity contribution in [1.29, 1.82) is 0 Å². The largest absolute Gasteiger partial charge is 0.392 e. The molecule has 1 aliphatic heterocycles. The Bertz CT molecular complexity index is 399. The summed E-state index contributed by atoms with van der Waals surface area (Å²) in [5.74, 6) is 0. The van der Waals surface area contributed by atoms with Gasteiger partial charge in [-0.1, -0.05) is 30.7 Å². The molecule has 19 heavy (non-hydrogen) atoms. The van der Waals surface area contributed by atoms with Crippen molar-refractivity contribution in [2.24, 2.45) is 0 Å². The van der Waals surface area contributed by atoms with E-state index in [4.69, 9.17) is 11.6 Å². The molecule has 0 radical (unpaired) electrons. The number of likely N-dealkylation sites (tertiary alicyclic amines) is 1. The first-order valence-electron chi connectivity index (χ1n) is 7.08. The Kier molecular flexibility index (Phi) is 5.64. The molecule has 0 saturated carbocycles. The van der Waals surface area contributed by atoms with Gasteiger partial charge in [-0.05, 0) is 37.1 Å². The van der Waals surface area contributed by atoms with E-state index < -0.39 is 0 Å². The molecule has 1 aromatic carbocycles. The predicted molar refractivity (Wildman–Crippen MR) is 79.6 cm³/mol. The van der Waals surface area contributed by atoms with E-state index in [1.54, 1.807) is 0 Å². The van der Waals surface area contributed by atoms with Gasteiger partial charge in [-0.25, -0.2) is 0 Å². The van der Waals surface area contributed by atoms with Crippen LogP contribution in [-0.4, -0.2) is 42.3 Å². The third kappa shape index (κ3) is 4.46. The standard InChI is InChI=1S/C15H23ClN2O/c1-2-17-15(12-4-3-5-13(16)10-12)7-9-18-8-6-14(19)11-18/h3-5,10,14-15,17,19H,2,6-9,11H2,1H3. The van der Waals surface area contributed by atoms with E-state index in [0.29, 0.717) is 6.04 Å². The fourth-order valence-corrected chi connectivity index (χ4v) is 2.88. The summed E-state index contributed by atoms with van der Waals surface area (Å²) in [5.41, 5.74) is 1.24. The fourth-order valence-electron chi connectivity index (χ4n) is 2.68. The van der Waals surface area contributed by atoms with Gasteiger partial charge in [0.15, 0.2) is 0 Å². The van der Waals surface area contributed by atoms with Crippen LogP contribution in [-0.2, 0) is 0 Å². The highest BCUT2D eigenvalue weighted by molar-refractivity contribution is 6.30. The predicted octanol–water partition coefficient (Wildman–Crippen LogP) is 2.45. The molecule has 0 amide bonds. The molecule has 2 rings (SSSR count). The van der Waals surface area contributed by atoms with Crippen LogP contribution in [0.25, 0.3) is 0 Å². The molecule has 0 spiro atoms. The molecule has 0 bridgehead atoms. The van der Waals surface area contributed by atoms with Gasteiger partial charge in [0.2, 0.25) is 0 Å². The van der Waals surface area contributed by atoms with E-state index in [1.807, 2.05) is 18.2 Å². The van der Waals surface area contributed by atoms with Crippen molar-refractivity contribution >= 4 is 11.6 Å². The molecule has 2 N–H and O–H groups in total. The van der Waals surface area contributed by atoms with Crippen LogP contribution in [0.2, 0.25) is 5.02 Å². The van der Waals surface area contributed by atoms with E-state index in [0.717, 1.165) is 44.0 Å². The molecule has 0 aliphatic carbocycles. The number of β-amino-alcohol motifs (C(OH)–C–C–N with tert-alkyl or cyclic N) is 1. The van der Waals surface area contributed by atoms with Crippen molar-refractivity contribution in [3.63, 3.8) is 0 Å². The molecule has 1 aliphatic rings. The number of hydrogen-bond acceptors (Lipinski definition) is 3. The molecule has 2 unspecified atom stereocenters. The van der Waals surface area contributed by atoms with Crippen LogP contribution in [0.1, 0.15) is 31.4 Å². The quantitative estimate of drug-likeness (QED) is 0.841. The van der Waals surface area contributed by atoms with E-state index in [1.165, 1.54) is 5.56 Å². The highest BCUT2D eigenvalue weighted by Crippen LogP contribution is 2.21. The highest BCUT2D eigenvalue weighted by atomic mass is 35.5. The van der Waals surface area contributed by atoms with Gasteiger partial charge < -0.3 is 15.3 Å². The van der Waals surface area contributed by atoms with Crippen molar-refractivity contribution in [3.05, 3.63) is 34.9 Å². The first-order chi connectivity index (χ1) is 9.19. The molecule has 3 nitrogen and oxygen atoms in total. The maximum Gasteiger partial charge on any atom is 0.0679 e. The van der Waals surface area contributed by atoms with Gasteiger partial charge in [-0.15, -0.1) is 0 Å². The van der Waals surface area contributed by atoms with E-state index in [9.17, 15) is 5.11 Å². The van der Waals surface area contributed by atoms with E-state index >= 15 is 0 Å². The van der Waals surface area contributed by atoms with Gasteiger partial charge in [0.1, 0.15) is 0 Å². The molecule has 1 aromatic rings. The zero-order valence-corrected chi connectivity index (χ0v) is 12.2. The summed E-state index contributed by atoms with van der Waals surface area (Å²) in [6, 6.07) is 8.40. The van der Waals surface area contributed by atoms with E-state index in [2.05, 4.69) is 23.2 Å². The van der Waals surface area contributed by atoms with Gasteiger partial charge >= 0.3 is 0 Å². The Balaban J connectivity index is 1.92. The second-order valence-electron chi connectivity index (χ2n) is 5.20. The number of benzene rings is 1. The Morgan fingerprint density at radius 1 is 1.53 bits per heavy atom. The molecular formula is C15H23ClN2O. The van der Waals surface area contributed by atoms with Crippen molar-refractivity contribution in [2.75, 3.05) is 26.2 Å². The lowest BCUT2D eigenvalue weighted by Crippen LogP contribution is -2.28. The normalized spacial score (nSPS) is 21.7. The van der Waals surface area contributed by atoms with Crippen LogP contribution in [0, 0.1) is 0 Å². The number of aliphatic hydroxyl groups is 1. The van der Waals surface area contributed by atoms with Crippen LogP contribution >= 0.6 is 11.6 Å². The lowest BCUT2D eigenvalue weighted by molar-refractivity contribution is 0.174. The second-order valence-corrected chi connectivity index (χ2v) is 5.63. The smallest absolute Gasteiger partial charge is 0.0679 e. The SMILES string of the molecule is CCNC(CCN1CCC(O)C1)c1cccc(Cl)c1. The number of hydrogen-bond donors (Lipinski definition) is 2. The molecule has 0 aromatic heterocycles. The minimum Gasteiger partial charge on any atom is -0.392 e. The summed E-state index contributed by atoms with van der Waals surface area (Å²) in [5, 5.41) is 13.8. The number of nitrogens with zero attached hydrogens (tertiary/aromatic N) is 1. The summed E-state index contributed by atoms with van der Waals surface area (Å²) < 4.78 is 0. The average Bonchev–Trinajstić information content (AvgIpc) is 2.80. The zero-order chi connectivity index (χ0) is 13.7. The third-order valence-electron chi connectivity index (χ3n) is 3.68. The van der Waals surface area contributed by atoms with Gasteiger partial charge in [0, 0.05) is 30.7 Å². The van der Waals surface area contributed by atoms with Crippen LogP contribution in [0.3, 0.4) is 0 Å². The Morgan fingerprint density at radius 2 is 2.37 bits per heavy atom. The number of rotatable bonds is 6. The molecule has 2 atom stereocenters. The maximum absolute atomic E-state index is 9.55. The first-order valence-corrected chi connectivity index (χ1v) is 7.46. The maximum atomic E-state index is 9.55. The Labute approximate surface area is 120 Å². The van der Waals surface area contributed by atoms with Crippen LogP contribution in [0.15, 0.2) is 24.3 Å². The lowest BCUT2D eigenvalue weighted by Gasteiger charge is -2.22. The van der Waals surface area contributed by atoms with Gasteiger partial charge in [0.25, 0.3) is 0 Å². The van der Waals surface area contributed by atoms with Gasteiger partial charge in [-0.2, -0.15) is 0 Å². The fraction of sp³-hybridized carbons (Fsp3) is 0.600. The van der Waals surface area contributed by atoms with Crippen LogP contribution < -0.4 is 5.32 Å². The first kappa shape index (κ1) is 14.8. The molecule has 1 saturated heterocycles. The van der Waals surface area contributed by atoms with E-state index in [-0.39, 0.29) is 6.10 Å². The van der Waals surface area contributed by atoms with Crippen molar-refractivity contribution in [2.45, 2.75) is 31.9 Å². The summed E-state index contributed by atoms with van der Waals surface area (Å²) in [7, 11) is 0. The molecule has 106 valence electrons. The Morgan fingerprint density at radius 3 is 3.00 bits per heavy atom. The number of halogens is 1. The second kappa shape index (κ2) is 7.25. The number of aliphatic hydroxyl groups excluding tert-OH is 1. The van der Waals surface area contributed by atoms with Gasteiger partial charge in [-0.3, -0.25) is 0 Å². The third-order valence-corrected chi connectivity index (χ3v) is 3.92. The van der Waals surface area contributed by atoms with Crippen molar-refractivity contribution in [3.8, 4) is 0 Å². The lowest BCUT2D eigenvalue weighted by atomic mass is 10.0. The number of nitrogens with one attached hydrogen (secondary N) is 1. The van der Waals surface area contributed by atoms with Crippen molar-refractivity contribution in [1.82, 2.24) is 10.2 Å². The topological polar surface area (TPSA) is 35.5 Å². The molecular weight excluding hydrogens is 260 g/mol. The minimum absolute atomic E-state index is 0.135. The monoisotopic (exact) mass is 282 g/mol. The van der Waals surface area contributed by atoms with Crippen LogP contribution in [0.5, 0.6) is 0 Å².